The summed E-state index contributed by atoms with van der Waals surface area (Å²) in [6.45, 7) is 14.6. The molecule has 0 heterocycles. The van der Waals surface area contributed by atoms with Gasteiger partial charge in [-0.25, -0.2) is 0 Å². The topological polar surface area (TPSA) is 44.5 Å². The molecule has 0 rings (SSSR count). The predicted octanol–water partition coefficient (Wildman–Crippen LogP) is 6.60. The van der Waals surface area contributed by atoms with Crippen LogP contribution in [0.2, 0.25) is 18.1 Å². The van der Waals surface area contributed by atoms with Gasteiger partial charge in [-0.3, -0.25) is 0 Å². The maximum atomic E-state index is 6.31. The Balaban J connectivity index is 3.78. The second kappa shape index (κ2) is 14.1. The first kappa shape index (κ1) is 26.0. The van der Waals surface area contributed by atoms with Crippen LogP contribution in [0.1, 0.15) is 91.9 Å². The number of unbranched alkanes of at least 4 members (excludes halogenated alkanes) is 9. The van der Waals surface area contributed by atoms with E-state index in [1.54, 1.807) is 0 Å². The molecular formula is C21H45NO2SSi. The van der Waals surface area contributed by atoms with Crippen molar-refractivity contribution in [3.05, 3.63) is 0 Å². The van der Waals surface area contributed by atoms with Crippen molar-refractivity contribution in [3.63, 3.8) is 0 Å². The number of ether oxygens (including phenoxy) is 1. The third-order valence-electron chi connectivity index (χ3n) is 5.47. The van der Waals surface area contributed by atoms with Crippen LogP contribution >= 0.6 is 12.2 Å². The fourth-order valence-corrected chi connectivity index (χ4v) is 4.05. The Kier molecular flexibility index (Phi) is 14.1. The molecule has 3 nitrogen and oxygen atoms in total. The van der Waals surface area contributed by atoms with Crippen LogP contribution in [0.5, 0.6) is 0 Å². The van der Waals surface area contributed by atoms with E-state index in [0.29, 0.717) is 11.6 Å². The summed E-state index contributed by atoms with van der Waals surface area (Å²) in [5.74, 6) is 0. The minimum atomic E-state index is -1.88. The molecule has 0 aliphatic carbocycles. The smallest absolute Gasteiger partial charge is 0.193 e. The molecule has 156 valence electrons. The molecule has 5 heteroatoms. The van der Waals surface area contributed by atoms with Crippen LogP contribution in [0.15, 0.2) is 0 Å². The summed E-state index contributed by atoms with van der Waals surface area (Å²) >= 11 is 5.19. The summed E-state index contributed by atoms with van der Waals surface area (Å²) in [5, 5.41) is 0.145. The van der Waals surface area contributed by atoms with Crippen LogP contribution < -0.4 is 5.73 Å². The Morgan fingerprint density at radius 2 is 1.38 bits per heavy atom. The summed E-state index contributed by atoms with van der Waals surface area (Å²) in [6.07, 6.45) is 13.1. The lowest BCUT2D eigenvalue weighted by Crippen LogP contribution is -2.48. The van der Waals surface area contributed by atoms with Gasteiger partial charge in [-0.2, -0.15) is 0 Å². The second-order valence-corrected chi connectivity index (χ2v) is 14.3. The molecule has 0 amide bonds. The molecule has 0 aromatic rings. The van der Waals surface area contributed by atoms with Crippen LogP contribution in [0.3, 0.4) is 0 Å². The van der Waals surface area contributed by atoms with E-state index in [4.69, 9.17) is 27.1 Å². The van der Waals surface area contributed by atoms with Crippen LogP contribution in [0.25, 0.3) is 0 Å². The number of rotatable bonds is 16. The zero-order chi connectivity index (χ0) is 20.1. The molecular weight excluding hydrogens is 358 g/mol. The van der Waals surface area contributed by atoms with Gasteiger partial charge in [0.25, 0.3) is 0 Å². The lowest BCUT2D eigenvalue weighted by atomic mass is 10.1. The van der Waals surface area contributed by atoms with Gasteiger partial charge < -0.3 is 14.9 Å². The maximum Gasteiger partial charge on any atom is 0.193 e. The average molecular weight is 404 g/mol. The van der Waals surface area contributed by atoms with Crippen LogP contribution in [-0.2, 0) is 9.16 Å². The van der Waals surface area contributed by atoms with Gasteiger partial charge in [-0.15, -0.1) is 0 Å². The van der Waals surface area contributed by atoms with Gasteiger partial charge in [-0.1, -0.05) is 97.7 Å². The first-order chi connectivity index (χ1) is 12.1. The van der Waals surface area contributed by atoms with E-state index < -0.39 is 8.32 Å². The second-order valence-electron chi connectivity index (χ2n) is 9.03. The average Bonchev–Trinajstić information content (AvgIpc) is 2.53. The van der Waals surface area contributed by atoms with Gasteiger partial charge in [0.15, 0.2) is 8.32 Å². The van der Waals surface area contributed by atoms with Crippen molar-refractivity contribution in [2.75, 3.05) is 13.2 Å². The molecule has 0 saturated heterocycles. The molecule has 0 fully saturated rings. The SMILES string of the molecule is CCCCCCCCCCCCOCC(O[Si](C)(C)C(C)(C)C)C(N)=S. The Morgan fingerprint density at radius 3 is 1.81 bits per heavy atom. The number of hydrogen-bond donors (Lipinski definition) is 1. The molecule has 26 heavy (non-hydrogen) atoms. The highest BCUT2D eigenvalue weighted by Crippen LogP contribution is 2.37. The van der Waals surface area contributed by atoms with Crippen molar-refractivity contribution in [2.45, 2.75) is 116 Å². The van der Waals surface area contributed by atoms with Crippen LogP contribution in [-0.4, -0.2) is 32.6 Å². The van der Waals surface area contributed by atoms with Gasteiger partial charge >= 0.3 is 0 Å². The molecule has 0 aromatic heterocycles. The molecule has 2 N–H and O–H groups in total. The van der Waals surface area contributed by atoms with Gasteiger partial charge in [0.2, 0.25) is 0 Å². The fourth-order valence-electron chi connectivity index (χ4n) is 2.59. The van der Waals surface area contributed by atoms with Crippen molar-refractivity contribution < 1.29 is 9.16 Å². The predicted molar refractivity (Wildman–Crippen MR) is 122 cm³/mol. The molecule has 0 aromatic carbocycles. The normalized spacial score (nSPS) is 13.8. The number of thiocarbonyl (C=S) groups is 1. The van der Waals surface area contributed by atoms with E-state index in [0.717, 1.165) is 13.0 Å². The highest BCUT2D eigenvalue weighted by molar-refractivity contribution is 7.80. The zero-order valence-corrected chi connectivity index (χ0v) is 20.2. The highest BCUT2D eigenvalue weighted by Gasteiger charge is 2.39. The van der Waals surface area contributed by atoms with Gasteiger partial charge in [0, 0.05) is 6.61 Å². The molecule has 0 saturated carbocycles. The quantitative estimate of drug-likeness (QED) is 0.179. The highest BCUT2D eigenvalue weighted by atomic mass is 32.1. The van der Waals surface area contributed by atoms with Crippen molar-refractivity contribution in [3.8, 4) is 0 Å². The Hall–Kier alpha value is 0.0269. The molecule has 0 aliphatic heterocycles. The minimum Gasteiger partial charge on any atom is -0.405 e. The monoisotopic (exact) mass is 403 g/mol. The van der Waals surface area contributed by atoms with Crippen molar-refractivity contribution in [2.24, 2.45) is 5.73 Å². The van der Waals surface area contributed by atoms with Crippen molar-refractivity contribution in [1.29, 1.82) is 0 Å². The molecule has 0 radical (unpaired) electrons. The van der Waals surface area contributed by atoms with E-state index in [2.05, 4.69) is 40.8 Å². The summed E-state index contributed by atoms with van der Waals surface area (Å²) in [5.41, 5.74) is 5.88. The summed E-state index contributed by atoms with van der Waals surface area (Å²) < 4.78 is 12.1. The summed E-state index contributed by atoms with van der Waals surface area (Å²) in [6, 6.07) is 0. The molecule has 1 atom stereocenters. The van der Waals surface area contributed by atoms with Gasteiger partial charge in [-0.05, 0) is 24.6 Å². The Labute approximate surface area is 169 Å². The van der Waals surface area contributed by atoms with E-state index in [9.17, 15) is 0 Å². The van der Waals surface area contributed by atoms with E-state index in [-0.39, 0.29) is 11.1 Å². The molecule has 1 unspecified atom stereocenters. The van der Waals surface area contributed by atoms with Crippen LogP contribution in [0.4, 0.5) is 0 Å². The van der Waals surface area contributed by atoms with Gasteiger partial charge in [0.05, 0.1) is 6.61 Å². The first-order valence-corrected chi connectivity index (χ1v) is 14.0. The summed E-state index contributed by atoms with van der Waals surface area (Å²) in [7, 11) is -1.88. The largest absolute Gasteiger partial charge is 0.405 e. The summed E-state index contributed by atoms with van der Waals surface area (Å²) in [4.78, 5) is 0.415. The van der Waals surface area contributed by atoms with Crippen molar-refractivity contribution >= 4 is 25.5 Å². The number of hydrogen-bond acceptors (Lipinski definition) is 3. The first-order valence-electron chi connectivity index (χ1n) is 10.7. The number of nitrogens with two attached hydrogens (primary N) is 1. The van der Waals surface area contributed by atoms with E-state index in [1.165, 1.54) is 57.8 Å². The zero-order valence-electron chi connectivity index (χ0n) is 18.4. The Morgan fingerprint density at radius 1 is 0.923 bits per heavy atom. The van der Waals surface area contributed by atoms with E-state index in [1.807, 2.05) is 0 Å². The molecule has 0 bridgehead atoms. The lowest BCUT2D eigenvalue weighted by molar-refractivity contribution is 0.0706. The lowest BCUT2D eigenvalue weighted by Gasteiger charge is -2.38. The molecule has 0 aliphatic rings. The van der Waals surface area contributed by atoms with Gasteiger partial charge in [0.1, 0.15) is 11.1 Å². The third-order valence-corrected chi connectivity index (χ3v) is 10.2. The van der Waals surface area contributed by atoms with E-state index >= 15 is 0 Å². The fraction of sp³-hybridized carbons (Fsp3) is 0.952. The van der Waals surface area contributed by atoms with Crippen LogP contribution in [0, 0.1) is 0 Å². The minimum absolute atomic E-state index is 0.145. The third kappa shape index (κ3) is 12.4. The molecule has 0 spiro atoms. The standard InChI is InChI=1S/C21H45NO2SSi/c1-7-8-9-10-11-12-13-14-15-16-17-23-18-19(20(22)25)24-26(5,6)21(2,3)4/h19H,7-18H2,1-6H3,(H2,22,25). The Bertz CT molecular complexity index is 370. The van der Waals surface area contributed by atoms with Crippen molar-refractivity contribution in [1.82, 2.24) is 0 Å². The maximum absolute atomic E-state index is 6.31.